The van der Waals surface area contributed by atoms with Crippen molar-refractivity contribution in [1.29, 1.82) is 0 Å². The predicted octanol–water partition coefficient (Wildman–Crippen LogP) is 3.55. The van der Waals surface area contributed by atoms with E-state index in [1.807, 2.05) is 35.9 Å². The van der Waals surface area contributed by atoms with Crippen LogP contribution in [-0.4, -0.2) is 10.4 Å². The van der Waals surface area contributed by atoms with Crippen LogP contribution in [0.25, 0.3) is 10.9 Å². The van der Waals surface area contributed by atoms with Gasteiger partial charge in [-0.15, -0.1) is 0 Å². The van der Waals surface area contributed by atoms with Crippen molar-refractivity contribution in [1.82, 2.24) is 4.57 Å². The molecule has 2 aromatic carbocycles. The van der Waals surface area contributed by atoms with E-state index in [4.69, 9.17) is 0 Å². The number of aromatic nitrogens is 1. The maximum absolute atomic E-state index is 13.7. The Morgan fingerprint density at radius 1 is 1.00 bits per heavy atom. The largest absolute Gasteiger partial charge is 0.350 e. The van der Waals surface area contributed by atoms with Crippen molar-refractivity contribution >= 4 is 16.7 Å². The van der Waals surface area contributed by atoms with Crippen LogP contribution in [0.5, 0.6) is 0 Å². The number of ketones is 1. The molecule has 2 nitrogen and oxygen atoms in total. The molecule has 0 aliphatic heterocycles. The highest BCUT2D eigenvalue weighted by Crippen LogP contribution is 2.23. The van der Waals surface area contributed by atoms with Crippen molar-refractivity contribution in [2.75, 3.05) is 0 Å². The second-order valence-corrected chi connectivity index (χ2v) is 4.48. The molecule has 0 aliphatic carbocycles. The molecular formula is C16H12FNO. The highest BCUT2D eigenvalue weighted by Gasteiger charge is 2.17. The molecule has 3 rings (SSSR count). The first kappa shape index (κ1) is 11.7. The van der Waals surface area contributed by atoms with Crippen molar-refractivity contribution < 1.29 is 9.18 Å². The van der Waals surface area contributed by atoms with Gasteiger partial charge in [-0.1, -0.05) is 30.3 Å². The summed E-state index contributed by atoms with van der Waals surface area (Å²) in [5.41, 5.74) is 1.60. The van der Waals surface area contributed by atoms with Gasteiger partial charge in [0.2, 0.25) is 0 Å². The van der Waals surface area contributed by atoms with Crippen molar-refractivity contribution in [3.05, 3.63) is 71.7 Å². The third-order valence-electron chi connectivity index (χ3n) is 3.26. The number of para-hydroxylation sites is 1. The third kappa shape index (κ3) is 1.83. The van der Waals surface area contributed by atoms with E-state index in [2.05, 4.69) is 0 Å². The van der Waals surface area contributed by atoms with E-state index in [1.165, 1.54) is 12.1 Å². The zero-order valence-corrected chi connectivity index (χ0v) is 10.4. The first-order valence-corrected chi connectivity index (χ1v) is 6.02. The maximum atomic E-state index is 13.7. The van der Waals surface area contributed by atoms with E-state index >= 15 is 0 Å². The second-order valence-electron chi connectivity index (χ2n) is 4.48. The summed E-state index contributed by atoms with van der Waals surface area (Å²) in [4.78, 5) is 12.4. The first-order valence-electron chi connectivity index (χ1n) is 6.02. The summed E-state index contributed by atoms with van der Waals surface area (Å²) < 4.78 is 15.6. The van der Waals surface area contributed by atoms with Crippen LogP contribution < -0.4 is 0 Å². The molecule has 19 heavy (non-hydrogen) atoms. The van der Waals surface area contributed by atoms with Gasteiger partial charge in [-0.2, -0.15) is 0 Å². The first-order chi connectivity index (χ1) is 9.18. The summed E-state index contributed by atoms with van der Waals surface area (Å²) in [6, 6.07) is 13.7. The van der Waals surface area contributed by atoms with Gasteiger partial charge >= 0.3 is 0 Å². The van der Waals surface area contributed by atoms with Crippen LogP contribution in [-0.2, 0) is 7.05 Å². The predicted molar refractivity (Wildman–Crippen MR) is 72.8 cm³/mol. The Kier molecular flexibility index (Phi) is 2.67. The van der Waals surface area contributed by atoms with Crippen LogP contribution in [0.4, 0.5) is 4.39 Å². The molecule has 0 aliphatic rings. The highest BCUT2D eigenvalue weighted by atomic mass is 19.1. The Morgan fingerprint density at radius 3 is 2.47 bits per heavy atom. The number of halogens is 1. The molecule has 1 aromatic heterocycles. The summed E-state index contributed by atoms with van der Waals surface area (Å²) in [7, 11) is 1.88. The Balaban J connectivity index is 2.20. The normalized spacial score (nSPS) is 10.8. The number of carbonyl (C=O) groups excluding carboxylic acids is 1. The summed E-state index contributed by atoms with van der Waals surface area (Å²) >= 11 is 0. The number of fused-ring (bicyclic) bond motifs is 1. The number of nitrogens with zero attached hydrogens (tertiary/aromatic N) is 1. The lowest BCUT2D eigenvalue weighted by molar-refractivity contribution is 0.103. The topological polar surface area (TPSA) is 22.0 Å². The van der Waals surface area contributed by atoms with Crippen molar-refractivity contribution in [2.45, 2.75) is 0 Å². The minimum absolute atomic E-state index is 0.110. The highest BCUT2D eigenvalue weighted by molar-refractivity contribution is 6.16. The quantitative estimate of drug-likeness (QED) is 0.640. The Labute approximate surface area is 110 Å². The van der Waals surface area contributed by atoms with Crippen LogP contribution >= 0.6 is 0 Å². The molecule has 0 unspecified atom stereocenters. The number of rotatable bonds is 2. The molecule has 0 radical (unpaired) electrons. The van der Waals surface area contributed by atoms with Gasteiger partial charge in [0.1, 0.15) is 5.82 Å². The van der Waals surface area contributed by atoms with Gasteiger partial charge < -0.3 is 4.57 Å². The van der Waals surface area contributed by atoms with Gasteiger partial charge in [0, 0.05) is 29.7 Å². The smallest absolute Gasteiger partial charge is 0.198 e. The van der Waals surface area contributed by atoms with Gasteiger partial charge in [-0.25, -0.2) is 4.39 Å². The van der Waals surface area contributed by atoms with E-state index < -0.39 is 5.82 Å². The van der Waals surface area contributed by atoms with Crippen LogP contribution in [0.1, 0.15) is 15.9 Å². The standard InChI is InChI=1S/C16H12FNO/c1-18-10-13(11-6-3-5-9-15(11)18)16(19)12-7-2-4-8-14(12)17/h2-10H,1H3. The maximum Gasteiger partial charge on any atom is 0.198 e. The molecule has 0 spiro atoms. The number of carbonyl (C=O) groups is 1. The Hall–Kier alpha value is -2.42. The number of benzene rings is 2. The van der Waals surface area contributed by atoms with Crippen LogP contribution in [0, 0.1) is 5.82 Å². The van der Waals surface area contributed by atoms with Crippen molar-refractivity contribution in [3.8, 4) is 0 Å². The summed E-state index contributed by atoms with van der Waals surface area (Å²) in [6.45, 7) is 0. The minimum atomic E-state index is -0.486. The van der Waals surface area contributed by atoms with Gasteiger partial charge in [-0.3, -0.25) is 4.79 Å². The number of hydrogen-bond acceptors (Lipinski definition) is 1. The van der Waals surface area contributed by atoms with Crippen LogP contribution in [0.3, 0.4) is 0 Å². The molecule has 0 saturated heterocycles. The van der Waals surface area contributed by atoms with E-state index in [-0.39, 0.29) is 11.3 Å². The van der Waals surface area contributed by atoms with Gasteiger partial charge in [0.25, 0.3) is 0 Å². The summed E-state index contributed by atoms with van der Waals surface area (Å²) in [6.07, 6.45) is 1.75. The number of aryl methyl sites for hydroxylation is 1. The molecule has 0 bridgehead atoms. The molecule has 94 valence electrons. The molecule has 0 N–H and O–H groups in total. The second kappa shape index (κ2) is 4.35. The molecule has 0 atom stereocenters. The molecule has 0 amide bonds. The number of hydrogen-bond donors (Lipinski definition) is 0. The fraction of sp³-hybridized carbons (Fsp3) is 0.0625. The third-order valence-corrected chi connectivity index (χ3v) is 3.26. The van der Waals surface area contributed by atoms with Gasteiger partial charge in [0.15, 0.2) is 5.78 Å². The summed E-state index contributed by atoms with van der Waals surface area (Å²) in [5, 5.41) is 0.846. The summed E-state index contributed by atoms with van der Waals surface area (Å²) in [5.74, 6) is -0.768. The molecule has 3 aromatic rings. The minimum Gasteiger partial charge on any atom is -0.350 e. The van der Waals surface area contributed by atoms with E-state index in [9.17, 15) is 9.18 Å². The molecule has 1 heterocycles. The lowest BCUT2D eigenvalue weighted by Crippen LogP contribution is -2.03. The van der Waals surface area contributed by atoms with E-state index in [1.54, 1.807) is 18.3 Å². The molecule has 0 fully saturated rings. The van der Waals surface area contributed by atoms with Crippen LogP contribution in [0.15, 0.2) is 54.7 Å². The molecule has 3 heteroatoms. The van der Waals surface area contributed by atoms with Crippen molar-refractivity contribution in [2.24, 2.45) is 7.05 Å². The zero-order valence-electron chi connectivity index (χ0n) is 10.4. The van der Waals surface area contributed by atoms with Gasteiger partial charge in [0.05, 0.1) is 5.56 Å². The zero-order chi connectivity index (χ0) is 13.4. The molecular weight excluding hydrogens is 241 g/mol. The molecule has 0 saturated carbocycles. The van der Waals surface area contributed by atoms with Gasteiger partial charge in [-0.05, 0) is 18.2 Å². The van der Waals surface area contributed by atoms with Crippen molar-refractivity contribution in [3.63, 3.8) is 0 Å². The average Bonchev–Trinajstić information content (AvgIpc) is 2.77. The SMILES string of the molecule is Cn1cc(C(=O)c2ccccc2F)c2ccccc21. The average molecular weight is 253 g/mol. The fourth-order valence-corrected chi connectivity index (χ4v) is 2.31. The Morgan fingerprint density at radius 2 is 1.68 bits per heavy atom. The lowest BCUT2D eigenvalue weighted by atomic mass is 10.0. The Bertz CT molecular complexity index is 773. The van der Waals surface area contributed by atoms with Crippen LogP contribution in [0.2, 0.25) is 0 Å². The van der Waals surface area contributed by atoms with E-state index in [0.29, 0.717) is 5.56 Å². The van der Waals surface area contributed by atoms with E-state index in [0.717, 1.165) is 10.9 Å². The lowest BCUT2D eigenvalue weighted by Gasteiger charge is -2.00. The fourth-order valence-electron chi connectivity index (χ4n) is 2.31. The monoisotopic (exact) mass is 253 g/mol.